The van der Waals surface area contributed by atoms with Crippen LogP contribution in [0.15, 0.2) is 36.4 Å². The second kappa shape index (κ2) is 12.4. The number of carbonyl (C=O) groups excluding carboxylic acids is 3. The van der Waals surface area contributed by atoms with Crippen LogP contribution in [-0.4, -0.2) is 45.7 Å². The number of nitrogens with zero attached hydrogens (tertiary/aromatic N) is 1. The molecule has 2 rings (SSSR count). The van der Waals surface area contributed by atoms with Crippen molar-refractivity contribution in [3.05, 3.63) is 63.7 Å². The zero-order chi connectivity index (χ0) is 29.0. The molecular weight excluding hydrogens is 522 g/mol. The van der Waals surface area contributed by atoms with Crippen molar-refractivity contribution in [2.24, 2.45) is 0 Å². The van der Waals surface area contributed by atoms with E-state index in [1.165, 1.54) is 4.90 Å². The molecule has 0 bridgehead atoms. The van der Waals surface area contributed by atoms with Crippen LogP contribution < -0.4 is 10.6 Å². The molecule has 208 valence electrons. The molecule has 0 aliphatic carbocycles. The number of hydrogen-bond donors (Lipinski definition) is 3. The molecule has 9 heteroatoms. The van der Waals surface area contributed by atoms with Gasteiger partial charge in [0, 0.05) is 11.3 Å². The van der Waals surface area contributed by atoms with Gasteiger partial charge in [-0.25, -0.2) is 4.79 Å². The second-order valence-corrected chi connectivity index (χ2v) is 12.2. The lowest BCUT2D eigenvalue weighted by molar-refractivity contribution is -0.146. The van der Waals surface area contributed by atoms with Crippen LogP contribution in [0.5, 0.6) is 0 Å². The molecule has 2 aromatic carbocycles. The van der Waals surface area contributed by atoms with Gasteiger partial charge in [-0.15, -0.1) is 0 Å². The van der Waals surface area contributed by atoms with Gasteiger partial charge in [-0.1, -0.05) is 41.9 Å². The van der Waals surface area contributed by atoms with Crippen molar-refractivity contribution in [3.63, 3.8) is 0 Å². The molecule has 0 saturated carbocycles. The Morgan fingerprint density at radius 3 is 1.95 bits per heavy atom. The molecule has 0 aliphatic heterocycles. The largest absolute Gasteiger partial charge is 0.444 e. The van der Waals surface area contributed by atoms with Crippen molar-refractivity contribution >= 4 is 47.8 Å². The predicted octanol–water partition coefficient (Wildman–Crippen LogP) is 6.40. The summed E-state index contributed by atoms with van der Waals surface area (Å²) in [6.07, 6.45) is -0.737. The minimum atomic E-state index is -1.03. The van der Waals surface area contributed by atoms with E-state index >= 15 is 0 Å². The molecule has 0 spiro atoms. The molecule has 38 heavy (non-hydrogen) atoms. The average Bonchev–Trinajstić information content (AvgIpc) is 2.76. The molecule has 0 aromatic heterocycles. The quantitative estimate of drug-likeness (QED) is 0.342. The molecule has 0 aliphatic rings. The van der Waals surface area contributed by atoms with Crippen LogP contribution >= 0.6 is 24.2 Å². The number of benzene rings is 2. The van der Waals surface area contributed by atoms with E-state index in [1.54, 1.807) is 32.9 Å². The van der Waals surface area contributed by atoms with Gasteiger partial charge in [-0.2, -0.15) is 12.6 Å². The van der Waals surface area contributed by atoms with Gasteiger partial charge in [-0.05, 0) is 90.6 Å². The van der Waals surface area contributed by atoms with Crippen molar-refractivity contribution in [1.29, 1.82) is 0 Å². The molecule has 0 saturated heterocycles. The third-order valence-electron chi connectivity index (χ3n) is 5.92. The molecule has 2 N–H and O–H groups in total. The Balaban J connectivity index is 2.65. The highest BCUT2D eigenvalue weighted by Gasteiger charge is 2.42. The van der Waals surface area contributed by atoms with Crippen LogP contribution in [0, 0.1) is 20.8 Å². The zero-order valence-corrected chi connectivity index (χ0v) is 25.4. The lowest BCUT2D eigenvalue weighted by Crippen LogP contribution is -2.58. The number of ether oxygens (including phenoxy) is 1. The maximum Gasteiger partial charge on any atom is 0.408 e. The van der Waals surface area contributed by atoms with Gasteiger partial charge in [0.2, 0.25) is 5.91 Å². The van der Waals surface area contributed by atoms with Crippen molar-refractivity contribution in [2.75, 3.05) is 11.1 Å². The van der Waals surface area contributed by atoms with Gasteiger partial charge in [0.25, 0.3) is 5.91 Å². The summed E-state index contributed by atoms with van der Waals surface area (Å²) < 4.78 is 5.37. The highest BCUT2D eigenvalue weighted by atomic mass is 35.5. The maximum absolute atomic E-state index is 14.2. The van der Waals surface area contributed by atoms with Gasteiger partial charge >= 0.3 is 6.09 Å². The van der Waals surface area contributed by atoms with Gasteiger partial charge in [0.15, 0.2) is 0 Å². The summed E-state index contributed by atoms with van der Waals surface area (Å²) in [4.78, 5) is 42.4. The minimum Gasteiger partial charge on any atom is -0.444 e. The summed E-state index contributed by atoms with van der Waals surface area (Å²) in [7, 11) is 0. The van der Waals surface area contributed by atoms with Crippen molar-refractivity contribution in [3.8, 4) is 0 Å². The van der Waals surface area contributed by atoms with E-state index in [-0.39, 0.29) is 5.75 Å². The lowest BCUT2D eigenvalue weighted by atomic mass is 9.90. The second-order valence-electron chi connectivity index (χ2n) is 11.4. The Bertz CT molecular complexity index is 1150. The van der Waals surface area contributed by atoms with Gasteiger partial charge in [0.05, 0.1) is 10.7 Å². The first kappa shape index (κ1) is 31.5. The topological polar surface area (TPSA) is 87.7 Å². The third kappa shape index (κ3) is 7.90. The highest BCUT2D eigenvalue weighted by molar-refractivity contribution is 7.80. The Labute approximate surface area is 237 Å². The summed E-state index contributed by atoms with van der Waals surface area (Å²) in [6.45, 7) is 16.4. The Kier molecular flexibility index (Phi) is 10.3. The number of aryl methyl sites for hydroxylation is 3. The molecule has 0 radical (unpaired) electrons. The summed E-state index contributed by atoms with van der Waals surface area (Å²) >= 11 is 10.8. The van der Waals surface area contributed by atoms with Gasteiger partial charge in [-0.3, -0.25) is 9.59 Å². The van der Waals surface area contributed by atoms with Crippen molar-refractivity contribution in [2.45, 2.75) is 85.5 Å². The number of nitrogens with one attached hydrogen (secondary N) is 2. The van der Waals surface area contributed by atoms with Crippen molar-refractivity contribution in [1.82, 2.24) is 10.2 Å². The first-order valence-electron chi connectivity index (χ1n) is 12.5. The monoisotopic (exact) mass is 561 g/mol. The van der Waals surface area contributed by atoms with Crippen LogP contribution in [0.4, 0.5) is 10.5 Å². The van der Waals surface area contributed by atoms with E-state index < -0.39 is 41.1 Å². The van der Waals surface area contributed by atoms with E-state index in [1.807, 2.05) is 65.8 Å². The van der Waals surface area contributed by atoms with Crippen molar-refractivity contribution < 1.29 is 19.1 Å². The van der Waals surface area contributed by atoms with Gasteiger partial charge in [0.1, 0.15) is 17.7 Å². The fraction of sp³-hybridized carbons (Fsp3) is 0.483. The Morgan fingerprint density at radius 1 is 0.947 bits per heavy atom. The molecule has 7 nitrogen and oxygen atoms in total. The van der Waals surface area contributed by atoms with Crippen LogP contribution in [-0.2, 0) is 14.3 Å². The van der Waals surface area contributed by atoms with Crippen LogP contribution in [0.1, 0.15) is 69.8 Å². The first-order chi connectivity index (χ1) is 17.5. The number of thiol groups is 1. The number of amides is 3. The zero-order valence-electron chi connectivity index (χ0n) is 23.7. The fourth-order valence-electron chi connectivity index (χ4n) is 4.27. The predicted molar refractivity (Wildman–Crippen MR) is 157 cm³/mol. The lowest BCUT2D eigenvalue weighted by Gasteiger charge is -2.43. The number of halogens is 1. The normalized spacial score (nSPS) is 13.3. The molecule has 3 amide bonds. The number of anilines is 1. The smallest absolute Gasteiger partial charge is 0.408 e. The number of rotatable bonds is 7. The highest BCUT2D eigenvalue weighted by Crippen LogP contribution is 2.35. The fourth-order valence-corrected chi connectivity index (χ4v) is 4.78. The maximum atomic E-state index is 14.2. The van der Waals surface area contributed by atoms with E-state index in [9.17, 15) is 14.4 Å². The summed E-state index contributed by atoms with van der Waals surface area (Å²) in [5.41, 5.74) is 2.12. The van der Waals surface area contributed by atoms with Gasteiger partial charge < -0.3 is 20.3 Å². The van der Waals surface area contributed by atoms with E-state index in [0.717, 1.165) is 16.7 Å². The number of hydrogen-bond acceptors (Lipinski definition) is 5. The van der Waals surface area contributed by atoms with Crippen LogP contribution in [0.25, 0.3) is 0 Å². The van der Waals surface area contributed by atoms with Crippen LogP contribution in [0.3, 0.4) is 0 Å². The minimum absolute atomic E-state index is 0.00930. The van der Waals surface area contributed by atoms with E-state index in [0.29, 0.717) is 16.3 Å². The summed E-state index contributed by atoms with van der Waals surface area (Å²) in [6, 6.07) is 9.02. The number of para-hydroxylation sites is 1. The average molecular weight is 562 g/mol. The molecule has 0 fully saturated rings. The molecule has 2 aromatic rings. The SMILES string of the molecule is Cc1cccc(Cl)c1NC(=O)C(c1c(C)cccc1C)N(C(=O)C(CS)NC(=O)OC(C)(C)C)C(C)(C)C. The van der Waals surface area contributed by atoms with Crippen LogP contribution in [0.2, 0.25) is 5.02 Å². The summed E-state index contributed by atoms with van der Waals surface area (Å²) in [5, 5.41) is 6.00. The molecule has 0 heterocycles. The number of alkyl carbamates (subject to hydrolysis) is 1. The first-order valence-corrected chi connectivity index (χ1v) is 13.5. The standard InChI is InChI=1S/C29H40ClN3O4S/c1-17-12-10-13-18(2)22(17)24(25(34)32-23-19(3)14-11-15-20(23)30)33(28(4,5)6)26(35)21(16-38)31-27(36)37-29(7,8)9/h10-15,21,24,38H,16H2,1-9H3,(H,31,36)(H,32,34). The molecule has 2 atom stereocenters. The van der Waals surface area contributed by atoms with E-state index in [2.05, 4.69) is 23.3 Å². The Morgan fingerprint density at radius 2 is 1.47 bits per heavy atom. The van der Waals surface area contributed by atoms with E-state index in [4.69, 9.17) is 16.3 Å². The third-order valence-corrected chi connectivity index (χ3v) is 6.60. The molecule has 2 unspecified atom stereocenters. The molecular formula is C29H40ClN3O4S. The summed E-state index contributed by atoms with van der Waals surface area (Å²) in [5.74, 6) is -0.871. The Hall–Kier alpha value is -2.71. The number of carbonyl (C=O) groups is 3.